The van der Waals surface area contributed by atoms with Crippen LogP contribution >= 0.6 is 11.6 Å². The summed E-state index contributed by atoms with van der Waals surface area (Å²) >= 11 is 6.27. The summed E-state index contributed by atoms with van der Waals surface area (Å²) < 4.78 is 5.43. The minimum atomic E-state index is 0.0585. The molecule has 0 aliphatic rings. The molecule has 9 heteroatoms. The van der Waals surface area contributed by atoms with Crippen LogP contribution in [-0.2, 0) is 6.54 Å². The second kappa shape index (κ2) is 6.66. The zero-order valence-electron chi connectivity index (χ0n) is 16.3. The van der Waals surface area contributed by atoms with Gasteiger partial charge in [-0.25, -0.2) is 19.2 Å². The van der Waals surface area contributed by atoms with Gasteiger partial charge in [-0.05, 0) is 26.0 Å². The van der Waals surface area contributed by atoms with E-state index in [1.54, 1.807) is 17.0 Å². The molecule has 0 aliphatic carbocycles. The molecule has 0 unspecified atom stereocenters. The second-order valence-electron chi connectivity index (χ2n) is 7.18. The van der Waals surface area contributed by atoms with Gasteiger partial charge in [-0.3, -0.25) is 4.68 Å². The van der Waals surface area contributed by atoms with Crippen molar-refractivity contribution in [3.63, 3.8) is 0 Å². The minimum Gasteiger partial charge on any atom is -0.267 e. The molecule has 0 saturated heterocycles. The van der Waals surface area contributed by atoms with Crippen molar-refractivity contribution in [1.29, 1.82) is 0 Å². The van der Waals surface area contributed by atoms with E-state index in [0.29, 0.717) is 11.6 Å². The van der Waals surface area contributed by atoms with Gasteiger partial charge in [-0.2, -0.15) is 10.2 Å². The number of hydrogen-bond donors (Lipinski definition) is 0. The molecule has 0 saturated carbocycles. The molecule has 146 valence electrons. The van der Waals surface area contributed by atoms with Gasteiger partial charge in [0.15, 0.2) is 17.1 Å². The highest BCUT2D eigenvalue weighted by Gasteiger charge is 2.19. The summed E-state index contributed by atoms with van der Waals surface area (Å²) in [6.07, 6.45) is 3.47. The first-order valence-corrected chi connectivity index (χ1v) is 9.74. The molecule has 4 heterocycles. The normalized spacial score (nSPS) is 12.8. The quantitative estimate of drug-likeness (QED) is 0.454. The van der Waals surface area contributed by atoms with E-state index in [-0.39, 0.29) is 5.92 Å². The lowest BCUT2D eigenvalue weighted by Crippen LogP contribution is -2.10. The van der Waals surface area contributed by atoms with Crippen molar-refractivity contribution in [1.82, 2.24) is 39.1 Å². The van der Waals surface area contributed by atoms with Crippen LogP contribution in [-0.4, -0.2) is 39.1 Å². The maximum atomic E-state index is 6.27. The van der Waals surface area contributed by atoms with Crippen LogP contribution in [0.5, 0.6) is 0 Å². The molecule has 1 aromatic carbocycles. The summed E-state index contributed by atoms with van der Waals surface area (Å²) in [5, 5.41) is 15.2. The highest BCUT2D eigenvalue weighted by Crippen LogP contribution is 2.24. The predicted octanol–water partition coefficient (Wildman–Crippen LogP) is 3.73. The SMILES string of the molecule is Cc1nn(C[C@H](C)c2nc3c4cnn(-c5ccccc5)c4ncn3n2)c(C)c1Cl. The minimum absolute atomic E-state index is 0.0585. The third kappa shape index (κ3) is 2.87. The van der Waals surface area contributed by atoms with Crippen molar-refractivity contribution in [2.75, 3.05) is 0 Å². The van der Waals surface area contributed by atoms with Gasteiger partial charge < -0.3 is 0 Å². The van der Waals surface area contributed by atoms with E-state index in [4.69, 9.17) is 16.6 Å². The number of halogens is 1. The summed E-state index contributed by atoms with van der Waals surface area (Å²) in [7, 11) is 0. The molecule has 0 bridgehead atoms. The molecule has 5 aromatic rings. The number of para-hydroxylation sites is 1. The zero-order valence-corrected chi connectivity index (χ0v) is 17.0. The summed E-state index contributed by atoms with van der Waals surface area (Å²) in [4.78, 5) is 9.34. The number of aromatic nitrogens is 8. The lowest BCUT2D eigenvalue weighted by atomic mass is 10.1. The van der Waals surface area contributed by atoms with Crippen LogP contribution in [0.25, 0.3) is 22.4 Å². The van der Waals surface area contributed by atoms with Crippen LogP contribution < -0.4 is 0 Å². The number of hydrogen-bond acceptors (Lipinski definition) is 5. The Labute approximate surface area is 171 Å². The Kier molecular flexibility index (Phi) is 4.09. The molecule has 0 fully saturated rings. The fourth-order valence-electron chi connectivity index (χ4n) is 3.50. The highest BCUT2D eigenvalue weighted by atomic mass is 35.5. The maximum absolute atomic E-state index is 6.27. The van der Waals surface area contributed by atoms with Crippen LogP contribution in [0.3, 0.4) is 0 Å². The third-order valence-electron chi connectivity index (χ3n) is 5.10. The van der Waals surface area contributed by atoms with Crippen molar-refractivity contribution in [3.8, 4) is 5.69 Å². The smallest absolute Gasteiger partial charge is 0.170 e. The van der Waals surface area contributed by atoms with Crippen molar-refractivity contribution in [2.24, 2.45) is 0 Å². The Balaban J connectivity index is 1.54. The molecule has 8 nitrogen and oxygen atoms in total. The molecule has 0 radical (unpaired) electrons. The second-order valence-corrected chi connectivity index (χ2v) is 7.56. The molecule has 0 N–H and O–H groups in total. The third-order valence-corrected chi connectivity index (χ3v) is 5.65. The lowest BCUT2D eigenvalue weighted by Gasteiger charge is -2.09. The molecule has 5 rings (SSSR count). The van der Waals surface area contributed by atoms with Crippen molar-refractivity contribution < 1.29 is 0 Å². The molecule has 29 heavy (non-hydrogen) atoms. The van der Waals surface area contributed by atoms with Crippen LogP contribution in [0.4, 0.5) is 0 Å². The lowest BCUT2D eigenvalue weighted by molar-refractivity contribution is 0.512. The fraction of sp³-hybridized carbons (Fsp3) is 0.250. The number of rotatable bonds is 4. The van der Waals surface area contributed by atoms with Gasteiger partial charge in [-0.1, -0.05) is 36.7 Å². The van der Waals surface area contributed by atoms with E-state index in [0.717, 1.165) is 39.6 Å². The fourth-order valence-corrected chi connectivity index (χ4v) is 3.63. The van der Waals surface area contributed by atoms with E-state index in [1.165, 1.54) is 0 Å². The van der Waals surface area contributed by atoms with E-state index < -0.39 is 0 Å². The Morgan fingerprint density at radius 2 is 1.86 bits per heavy atom. The van der Waals surface area contributed by atoms with Gasteiger partial charge in [0.2, 0.25) is 0 Å². The van der Waals surface area contributed by atoms with Crippen molar-refractivity contribution >= 4 is 28.3 Å². The Bertz CT molecular complexity index is 1330. The maximum Gasteiger partial charge on any atom is 0.170 e. The highest BCUT2D eigenvalue weighted by molar-refractivity contribution is 6.31. The monoisotopic (exact) mass is 406 g/mol. The van der Waals surface area contributed by atoms with Crippen LogP contribution in [0.1, 0.15) is 30.1 Å². The van der Waals surface area contributed by atoms with Gasteiger partial charge in [0.1, 0.15) is 6.33 Å². The van der Waals surface area contributed by atoms with Crippen molar-refractivity contribution in [2.45, 2.75) is 33.2 Å². The van der Waals surface area contributed by atoms with E-state index in [2.05, 4.69) is 27.2 Å². The number of benzene rings is 1. The van der Waals surface area contributed by atoms with E-state index in [9.17, 15) is 0 Å². The summed E-state index contributed by atoms with van der Waals surface area (Å²) in [6, 6.07) is 9.92. The first kappa shape index (κ1) is 17.8. The summed E-state index contributed by atoms with van der Waals surface area (Å²) in [5.74, 6) is 0.790. The largest absolute Gasteiger partial charge is 0.267 e. The van der Waals surface area contributed by atoms with Gasteiger partial charge in [0.05, 0.1) is 40.2 Å². The predicted molar refractivity (Wildman–Crippen MR) is 111 cm³/mol. The number of fused-ring (bicyclic) bond motifs is 3. The van der Waals surface area contributed by atoms with E-state index >= 15 is 0 Å². The topological polar surface area (TPSA) is 78.7 Å². The Hall–Kier alpha value is -3.26. The standard InChI is InChI=1S/C20H19ClN8/c1-12(10-27-14(3)17(21)13(2)25-27)18-24-20-16-9-23-29(15-7-5-4-6-8-15)19(16)22-11-28(20)26-18/h4-9,11-12H,10H2,1-3H3/t12-/m0/s1. The van der Waals surface area contributed by atoms with Crippen molar-refractivity contribution in [3.05, 3.63) is 65.1 Å². The Morgan fingerprint density at radius 3 is 2.59 bits per heavy atom. The van der Waals surface area contributed by atoms with Gasteiger partial charge in [-0.15, -0.1) is 5.10 Å². The zero-order chi connectivity index (χ0) is 20.1. The average Bonchev–Trinajstić information content (AvgIpc) is 3.41. The summed E-state index contributed by atoms with van der Waals surface area (Å²) in [5.41, 5.74) is 4.23. The van der Waals surface area contributed by atoms with E-state index in [1.807, 2.05) is 53.5 Å². The molecular weight excluding hydrogens is 388 g/mol. The molecule has 1 atom stereocenters. The number of aryl methyl sites for hydroxylation is 1. The number of nitrogens with zero attached hydrogens (tertiary/aromatic N) is 8. The van der Waals surface area contributed by atoms with Gasteiger partial charge >= 0.3 is 0 Å². The molecule has 0 aliphatic heterocycles. The van der Waals surface area contributed by atoms with Crippen LogP contribution in [0.2, 0.25) is 5.02 Å². The molecule has 4 aromatic heterocycles. The Morgan fingerprint density at radius 1 is 1.07 bits per heavy atom. The first-order chi connectivity index (χ1) is 14.0. The summed E-state index contributed by atoms with van der Waals surface area (Å²) in [6.45, 7) is 6.61. The van der Waals surface area contributed by atoms with Gasteiger partial charge in [0.25, 0.3) is 0 Å². The van der Waals surface area contributed by atoms with Crippen LogP contribution in [0, 0.1) is 13.8 Å². The molecule has 0 amide bonds. The average molecular weight is 407 g/mol. The van der Waals surface area contributed by atoms with Crippen LogP contribution in [0.15, 0.2) is 42.9 Å². The first-order valence-electron chi connectivity index (χ1n) is 9.37. The molecular formula is C20H19ClN8. The van der Waals surface area contributed by atoms with Gasteiger partial charge in [0, 0.05) is 5.92 Å². The molecule has 0 spiro atoms.